The number of methoxy groups -OCH3 is 1. The maximum absolute atomic E-state index is 5.17. The van der Waals surface area contributed by atoms with E-state index < -0.39 is 0 Å². The number of rotatable bonds is 8. The summed E-state index contributed by atoms with van der Waals surface area (Å²) in [6.45, 7) is 7.29. The van der Waals surface area contributed by atoms with Crippen molar-refractivity contribution in [2.24, 2.45) is 4.99 Å². The van der Waals surface area contributed by atoms with E-state index in [2.05, 4.69) is 39.8 Å². The highest BCUT2D eigenvalue weighted by Crippen LogP contribution is 2.11. The van der Waals surface area contributed by atoms with Crippen molar-refractivity contribution in [3.05, 3.63) is 47.8 Å². The van der Waals surface area contributed by atoms with Crippen molar-refractivity contribution < 1.29 is 4.74 Å². The smallest absolute Gasteiger partial charge is 0.191 e. The van der Waals surface area contributed by atoms with E-state index in [1.807, 2.05) is 36.1 Å². The summed E-state index contributed by atoms with van der Waals surface area (Å²) < 4.78 is 7.11. The van der Waals surface area contributed by atoms with Gasteiger partial charge in [-0.3, -0.25) is 9.67 Å². The van der Waals surface area contributed by atoms with E-state index in [4.69, 9.17) is 4.74 Å². The van der Waals surface area contributed by atoms with Crippen LogP contribution < -0.4 is 15.4 Å². The van der Waals surface area contributed by atoms with Crippen LogP contribution in [0, 0.1) is 6.92 Å². The van der Waals surface area contributed by atoms with Gasteiger partial charge >= 0.3 is 0 Å². The Kier molecular flexibility index (Phi) is 9.98. The number of halogens is 1. The number of hydrogen-bond donors (Lipinski definition) is 2. The molecule has 0 radical (unpaired) electrons. The van der Waals surface area contributed by atoms with Gasteiger partial charge in [-0.15, -0.1) is 24.0 Å². The number of aliphatic imine (C=N–C) groups is 1. The molecule has 2 rings (SSSR count). The summed E-state index contributed by atoms with van der Waals surface area (Å²) in [6, 6.07) is 8.12. The fourth-order valence-corrected chi connectivity index (χ4v) is 2.31. The molecule has 6 nitrogen and oxygen atoms in total. The van der Waals surface area contributed by atoms with Crippen molar-refractivity contribution in [3.8, 4) is 5.75 Å². The largest absolute Gasteiger partial charge is 0.497 e. The second-order valence-electron chi connectivity index (χ2n) is 5.57. The van der Waals surface area contributed by atoms with Gasteiger partial charge in [0.05, 0.1) is 19.9 Å². The molecule has 0 aliphatic carbocycles. The zero-order valence-corrected chi connectivity index (χ0v) is 17.5. The molecule has 0 unspecified atom stereocenters. The average Bonchev–Trinajstić information content (AvgIpc) is 3.01. The Labute approximate surface area is 167 Å². The molecular formula is C18H28IN5O. The lowest BCUT2D eigenvalue weighted by Gasteiger charge is -2.11. The molecule has 0 fully saturated rings. The Morgan fingerprint density at radius 2 is 2.00 bits per heavy atom. The molecule has 2 aromatic rings. The molecule has 0 saturated heterocycles. The second-order valence-corrected chi connectivity index (χ2v) is 5.57. The van der Waals surface area contributed by atoms with E-state index in [0.717, 1.165) is 44.3 Å². The van der Waals surface area contributed by atoms with Crippen LogP contribution in [0.4, 0.5) is 0 Å². The fraction of sp³-hybridized carbons (Fsp3) is 0.444. The van der Waals surface area contributed by atoms with Gasteiger partial charge in [-0.2, -0.15) is 5.10 Å². The van der Waals surface area contributed by atoms with Crippen LogP contribution in [0.1, 0.15) is 18.1 Å². The summed E-state index contributed by atoms with van der Waals surface area (Å²) in [6.07, 6.45) is 4.81. The van der Waals surface area contributed by atoms with Crippen LogP contribution in [-0.2, 0) is 13.0 Å². The van der Waals surface area contributed by atoms with Crippen molar-refractivity contribution >= 4 is 29.9 Å². The highest BCUT2D eigenvalue weighted by atomic mass is 127. The molecule has 0 aliphatic rings. The van der Waals surface area contributed by atoms with Crippen LogP contribution in [-0.4, -0.2) is 42.5 Å². The summed E-state index contributed by atoms with van der Waals surface area (Å²) in [5, 5.41) is 10.9. The number of hydrogen-bond acceptors (Lipinski definition) is 3. The van der Waals surface area contributed by atoms with E-state index in [9.17, 15) is 0 Å². The van der Waals surface area contributed by atoms with E-state index >= 15 is 0 Å². The fourth-order valence-electron chi connectivity index (χ4n) is 2.31. The number of ether oxygens (including phenoxy) is 1. The Morgan fingerprint density at radius 3 is 2.60 bits per heavy atom. The molecule has 0 amide bonds. The first-order valence-corrected chi connectivity index (χ1v) is 8.35. The van der Waals surface area contributed by atoms with Gasteiger partial charge in [0, 0.05) is 25.8 Å². The molecule has 0 atom stereocenters. The van der Waals surface area contributed by atoms with Crippen molar-refractivity contribution in [3.63, 3.8) is 0 Å². The van der Waals surface area contributed by atoms with Gasteiger partial charge in [-0.05, 0) is 43.5 Å². The number of nitrogens with zero attached hydrogens (tertiary/aromatic N) is 3. The predicted molar refractivity (Wildman–Crippen MR) is 113 cm³/mol. The molecule has 25 heavy (non-hydrogen) atoms. The minimum Gasteiger partial charge on any atom is -0.497 e. The Bertz CT molecular complexity index is 639. The topological polar surface area (TPSA) is 63.5 Å². The maximum atomic E-state index is 5.17. The van der Waals surface area contributed by atoms with Gasteiger partial charge < -0.3 is 15.4 Å². The van der Waals surface area contributed by atoms with Gasteiger partial charge in [0.2, 0.25) is 0 Å². The SMILES string of the molecule is CCNC(=NCCc1ccc(OC)cc1)NCCn1cc(C)cn1.I. The summed E-state index contributed by atoms with van der Waals surface area (Å²) in [5.41, 5.74) is 2.43. The quantitative estimate of drug-likeness (QED) is 0.364. The zero-order valence-electron chi connectivity index (χ0n) is 15.2. The van der Waals surface area contributed by atoms with Gasteiger partial charge in [0.15, 0.2) is 5.96 Å². The zero-order chi connectivity index (χ0) is 17.2. The number of nitrogens with one attached hydrogen (secondary N) is 2. The number of guanidine groups is 1. The van der Waals surface area contributed by atoms with Gasteiger partial charge in [-0.25, -0.2) is 0 Å². The van der Waals surface area contributed by atoms with Gasteiger partial charge in [0.1, 0.15) is 5.75 Å². The monoisotopic (exact) mass is 457 g/mol. The van der Waals surface area contributed by atoms with Crippen molar-refractivity contribution in [1.82, 2.24) is 20.4 Å². The first-order chi connectivity index (χ1) is 11.7. The molecular weight excluding hydrogens is 429 g/mol. The summed E-state index contributed by atoms with van der Waals surface area (Å²) in [4.78, 5) is 4.62. The van der Waals surface area contributed by atoms with E-state index in [1.165, 1.54) is 11.1 Å². The average molecular weight is 457 g/mol. The van der Waals surface area contributed by atoms with Gasteiger partial charge in [-0.1, -0.05) is 12.1 Å². The van der Waals surface area contributed by atoms with Gasteiger partial charge in [0.25, 0.3) is 0 Å². The normalized spacial score (nSPS) is 10.9. The van der Waals surface area contributed by atoms with E-state index in [0.29, 0.717) is 0 Å². The van der Waals surface area contributed by atoms with Crippen LogP contribution in [0.5, 0.6) is 5.75 Å². The lowest BCUT2D eigenvalue weighted by Crippen LogP contribution is -2.39. The third-order valence-electron chi connectivity index (χ3n) is 3.57. The highest BCUT2D eigenvalue weighted by Gasteiger charge is 1.99. The second kappa shape index (κ2) is 11.7. The Hall–Kier alpha value is -1.77. The third kappa shape index (κ3) is 7.76. The highest BCUT2D eigenvalue weighted by molar-refractivity contribution is 14.0. The first-order valence-electron chi connectivity index (χ1n) is 8.35. The van der Waals surface area contributed by atoms with Crippen LogP contribution >= 0.6 is 24.0 Å². The molecule has 0 bridgehead atoms. The molecule has 1 aromatic heterocycles. The summed E-state index contributed by atoms with van der Waals surface area (Å²) in [5.74, 6) is 1.72. The Morgan fingerprint density at radius 1 is 1.24 bits per heavy atom. The predicted octanol–water partition coefficient (Wildman–Crippen LogP) is 2.62. The summed E-state index contributed by atoms with van der Waals surface area (Å²) >= 11 is 0. The maximum Gasteiger partial charge on any atom is 0.191 e. The number of benzene rings is 1. The molecule has 0 spiro atoms. The lowest BCUT2D eigenvalue weighted by molar-refractivity contribution is 0.414. The third-order valence-corrected chi connectivity index (χ3v) is 3.57. The minimum atomic E-state index is 0. The molecule has 138 valence electrons. The van der Waals surface area contributed by atoms with E-state index in [-0.39, 0.29) is 24.0 Å². The Balaban J connectivity index is 0.00000312. The van der Waals surface area contributed by atoms with Crippen LogP contribution in [0.25, 0.3) is 0 Å². The molecule has 7 heteroatoms. The standard InChI is InChI=1S/C18H27N5O.HI/c1-4-19-18(21-11-12-23-14-15(2)13-22-23)20-10-9-16-5-7-17(24-3)8-6-16;/h5-8,13-14H,4,9-12H2,1-3H3,(H2,19,20,21);1H. The lowest BCUT2D eigenvalue weighted by atomic mass is 10.1. The molecule has 0 saturated carbocycles. The molecule has 0 aliphatic heterocycles. The van der Waals surface area contributed by atoms with Crippen molar-refractivity contribution in [2.45, 2.75) is 26.8 Å². The molecule has 1 aromatic carbocycles. The molecule has 1 heterocycles. The van der Waals surface area contributed by atoms with Crippen LogP contribution in [0.2, 0.25) is 0 Å². The van der Waals surface area contributed by atoms with Crippen molar-refractivity contribution in [2.75, 3.05) is 26.7 Å². The van der Waals surface area contributed by atoms with E-state index in [1.54, 1.807) is 7.11 Å². The number of aromatic nitrogens is 2. The minimum absolute atomic E-state index is 0. The van der Waals surface area contributed by atoms with Crippen LogP contribution in [0.3, 0.4) is 0 Å². The van der Waals surface area contributed by atoms with Crippen LogP contribution in [0.15, 0.2) is 41.7 Å². The van der Waals surface area contributed by atoms with Crippen molar-refractivity contribution in [1.29, 1.82) is 0 Å². The number of aryl methyl sites for hydroxylation is 1. The molecule has 2 N–H and O–H groups in total. The summed E-state index contributed by atoms with van der Waals surface area (Å²) in [7, 11) is 1.68. The first kappa shape index (κ1) is 21.3.